The van der Waals surface area contributed by atoms with Gasteiger partial charge in [-0.15, -0.1) is 0 Å². The molecule has 0 saturated heterocycles. The summed E-state index contributed by atoms with van der Waals surface area (Å²) in [7, 11) is 0. The fraction of sp³-hybridized carbons (Fsp3) is 0.357. The highest BCUT2D eigenvalue weighted by molar-refractivity contribution is 5.78. The molecule has 2 rings (SSSR count). The van der Waals surface area contributed by atoms with E-state index >= 15 is 0 Å². The van der Waals surface area contributed by atoms with Crippen molar-refractivity contribution in [1.82, 2.24) is 14.8 Å². The van der Waals surface area contributed by atoms with Gasteiger partial charge in [0, 0.05) is 17.5 Å². The topological polar surface area (TPSA) is 90.9 Å². The number of hydrogen-bond acceptors (Lipinski definition) is 5. The predicted octanol–water partition coefficient (Wildman–Crippen LogP) is 2.28. The maximum Gasteiger partial charge on any atom is 0.278 e. The molecule has 0 aliphatic heterocycles. The molecular weight excluding hydrogens is 272 g/mol. The Balaban J connectivity index is 2.48. The van der Waals surface area contributed by atoms with Crippen molar-refractivity contribution in [3.8, 4) is 0 Å². The molecule has 2 aromatic rings. The molecule has 0 radical (unpaired) electrons. The maximum atomic E-state index is 11.1. The van der Waals surface area contributed by atoms with Crippen molar-refractivity contribution in [1.29, 1.82) is 0 Å². The number of pyridine rings is 1. The summed E-state index contributed by atoms with van der Waals surface area (Å²) < 4.78 is 1.65. The van der Waals surface area contributed by atoms with E-state index in [-0.39, 0.29) is 5.69 Å². The van der Waals surface area contributed by atoms with Crippen molar-refractivity contribution < 1.29 is 9.72 Å². The maximum absolute atomic E-state index is 11.1. The quantitative estimate of drug-likeness (QED) is 0.489. The van der Waals surface area contributed by atoms with Crippen molar-refractivity contribution in [3.63, 3.8) is 0 Å². The number of nitro groups is 1. The monoisotopic (exact) mass is 288 g/mol. The molecule has 0 unspecified atom stereocenters. The standard InChI is InChI=1S/C14H16N4O3/c1-8-5-15-13(9(2)14(8)18(20)21)6-17-11(4)12(7-19)10(3)16-17/h5,7H,6H2,1-4H3. The van der Waals surface area contributed by atoms with Gasteiger partial charge in [0.1, 0.15) is 0 Å². The molecule has 0 bridgehead atoms. The zero-order valence-electron chi connectivity index (χ0n) is 12.4. The van der Waals surface area contributed by atoms with E-state index in [0.717, 1.165) is 12.0 Å². The van der Waals surface area contributed by atoms with Crippen LogP contribution in [0.4, 0.5) is 5.69 Å². The third kappa shape index (κ3) is 2.54. The molecule has 0 aliphatic rings. The van der Waals surface area contributed by atoms with Gasteiger partial charge in [-0.1, -0.05) is 0 Å². The average molecular weight is 288 g/mol. The fourth-order valence-electron chi connectivity index (χ4n) is 2.38. The van der Waals surface area contributed by atoms with E-state index < -0.39 is 4.92 Å². The van der Waals surface area contributed by atoms with Crippen molar-refractivity contribution in [3.05, 3.63) is 50.1 Å². The minimum absolute atomic E-state index is 0.0807. The van der Waals surface area contributed by atoms with Gasteiger partial charge >= 0.3 is 0 Å². The van der Waals surface area contributed by atoms with Crippen LogP contribution in [0.5, 0.6) is 0 Å². The van der Waals surface area contributed by atoms with Crippen molar-refractivity contribution in [2.75, 3.05) is 0 Å². The van der Waals surface area contributed by atoms with E-state index in [9.17, 15) is 14.9 Å². The summed E-state index contributed by atoms with van der Waals surface area (Å²) in [4.78, 5) is 26.0. The Kier molecular flexibility index (Phi) is 3.84. The van der Waals surface area contributed by atoms with Crippen LogP contribution in [-0.2, 0) is 6.54 Å². The van der Waals surface area contributed by atoms with Crippen LogP contribution < -0.4 is 0 Å². The van der Waals surface area contributed by atoms with Crippen LogP contribution in [0.15, 0.2) is 6.20 Å². The van der Waals surface area contributed by atoms with Crippen LogP contribution in [0.25, 0.3) is 0 Å². The molecule has 21 heavy (non-hydrogen) atoms. The van der Waals surface area contributed by atoms with Crippen molar-refractivity contribution in [2.45, 2.75) is 34.2 Å². The molecule has 7 heteroatoms. The van der Waals surface area contributed by atoms with Crippen LogP contribution in [0.3, 0.4) is 0 Å². The van der Waals surface area contributed by atoms with E-state index in [4.69, 9.17) is 0 Å². The van der Waals surface area contributed by atoms with Crippen LogP contribution in [-0.4, -0.2) is 26.0 Å². The average Bonchev–Trinajstić information content (AvgIpc) is 2.67. The van der Waals surface area contributed by atoms with Crippen LogP contribution in [0, 0.1) is 37.8 Å². The highest BCUT2D eigenvalue weighted by Crippen LogP contribution is 2.25. The van der Waals surface area contributed by atoms with Gasteiger partial charge < -0.3 is 0 Å². The van der Waals surface area contributed by atoms with Gasteiger partial charge in [0.2, 0.25) is 0 Å². The molecule has 110 valence electrons. The Bertz CT molecular complexity index is 734. The summed E-state index contributed by atoms with van der Waals surface area (Å²) in [6.45, 7) is 7.19. The summed E-state index contributed by atoms with van der Waals surface area (Å²) in [5.41, 5.74) is 3.64. The number of carbonyl (C=O) groups excluding carboxylic acids is 1. The minimum atomic E-state index is -0.395. The second-order valence-corrected chi connectivity index (χ2v) is 4.98. The Labute approximate surface area is 121 Å². The molecule has 2 aromatic heterocycles. The second-order valence-electron chi connectivity index (χ2n) is 4.98. The first-order chi connectivity index (χ1) is 9.86. The fourth-order valence-corrected chi connectivity index (χ4v) is 2.38. The van der Waals surface area contributed by atoms with Gasteiger partial charge in [-0.2, -0.15) is 5.10 Å². The van der Waals surface area contributed by atoms with Gasteiger partial charge in [0.05, 0.1) is 34.0 Å². The van der Waals surface area contributed by atoms with Gasteiger partial charge in [0.15, 0.2) is 6.29 Å². The minimum Gasteiger partial charge on any atom is -0.298 e. The third-order valence-corrected chi connectivity index (χ3v) is 3.61. The number of aryl methyl sites for hydroxylation is 2. The molecule has 0 aromatic carbocycles. The summed E-state index contributed by atoms with van der Waals surface area (Å²) in [6.07, 6.45) is 2.26. The van der Waals surface area contributed by atoms with E-state index in [1.165, 1.54) is 6.20 Å². The summed E-state index contributed by atoms with van der Waals surface area (Å²) in [5.74, 6) is 0. The number of nitrogens with zero attached hydrogens (tertiary/aromatic N) is 4. The smallest absolute Gasteiger partial charge is 0.278 e. The first-order valence-electron chi connectivity index (χ1n) is 6.45. The Morgan fingerprint density at radius 1 is 1.33 bits per heavy atom. The third-order valence-electron chi connectivity index (χ3n) is 3.61. The molecule has 2 heterocycles. The van der Waals surface area contributed by atoms with E-state index in [0.29, 0.717) is 34.6 Å². The van der Waals surface area contributed by atoms with Crippen molar-refractivity contribution >= 4 is 12.0 Å². The summed E-state index contributed by atoms with van der Waals surface area (Å²) in [6, 6.07) is 0. The molecule has 0 saturated carbocycles. The largest absolute Gasteiger partial charge is 0.298 e. The van der Waals surface area contributed by atoms with Gasteiger partial charge in [-0.25, -0.2) is 0 Å². The zero-order valence-corrected chi connectivity index (χ0v) is 12.4. The number of hydrogen-bond donors (Lipinski definition) is 0. The molecule has 0 N–H and O–H groups in total. The van der Waals surface area contributed by atoms with Crippen molar-refractivity contribution in [2.24, 2.45) is 0 Å². The zero-order chi connectivity index (χ0) is 15.7. The Morgan fingerprint density at radius 2 is 2.00 bits per heavy atom. The number of rotatable bonds is 4. The lowest BCUT2D eigenvalue weighted by atomic mass is 10.1. The first kappa shape index (κ1) is 14.8. The van der Waals surface area contributed by atoms with E-state index in [2.05, 4.69) is 10.1 Å². The highest BCUT2D eigenvalue weighted by atomic mass is 16.6. The molecule has 0 fully saturated rings. The summed E-state index contributed by atoms with van der Waals surface area (Å²) in [5, 5.41) is 15.4. The lowest BCUT2D eigenvalue weighted by Crippen LogP contribution is -2.09. The lowest BCUT2D eigenvalue weighted by Gasteiger charge is -2.09. The van der Waals surface area contributed by atoms with Gasteiger partial charge in [-0.3, -0.25) is 24.6 Å². The van der Waals surface area contributed by atoms with Crippen LogP contribution in [0.1, 0.15) is 38.6 Å². The second kappa shape index (κ2) is 5.43. The number of aldehydes is 1. The SMILES string of the molecule is Cc1cnc(Cn2nc(C)c(C=O)c2C)c(C)c1[N+](=O)[O-]. The van der Waals surface area contributed by atoms with E-state index in [1.54, 1.807) is 32.4 Å². The Hall–Kier alpha value is -2.57. The molecule has 0 spiro atoms. The number of carbonyl (C=O) groups is 1. The molecule has 0 amide bonds. The molecule has 7 nitrogen and oxygen atoms in total. The molecule has 0 aliphatic carbocycles. The summed E-state index contributed by atoms with van der Waals surface area (Å²) >= 11 is 0. The molecular formula is C14H16N4O3. The Morgan fingerprint density at radius 3 is 2.52 bits per heavy atom. The van der Waals surface area contributed by atoms with Crippen LogP contribution in [0.2, 0.25) is 0 Å². The molecule has 0 atom stereocenters. The first-order valence-corrected chi connectivity index (χ1v) is 6.45. The van der Waals surface area contributed by atoms with Gasteiger partial charge in [-0.05, 0) is 27.7 Å². The van der Waals surface area contributed by atoms with Gasteiger partial charge in [0.25, 0.3) is 5.69 Å². The predicted molar refractivity (Wildman–Crippen MR) is 76.6 cm³/mol. The van der Waals surface area contributed by atoms with E-state index in [1.807, 2.05) is 0 Å². The normalized spacial score (nSPS) is 10.7. The van der Waals surface area contributed by atoms with Crippen LogP contribution >= 0.6 is 0 Å². The number of aromatic nitrogens is 3. The lowest BCUT2D eigenvalue weighted by molar-refractivity contribution is -0.386. The highest BCUT2D eigenvalue weighted by Gasteiger charge is 2.20.